The highest BCUT2D eigenvalue weighted by Gasteiger charge is 2.14. The zero-order valence-corrected chi connectivity index (χ0v) is 18.8. The summed E-state index contributed by atoms with van der Waals surface area (Å²) in [5, 5.41) is 12.0. The second-order valence-electron chi connectivity index (χ2n) is 5.77. The lowest BCUT2D eigenvalue weighted by atomic mass is 10.2. The molecule has 0 radical (unpaired) electrons. The summed E-state index contributed by atoms with van der Waals surface area (Å²) in [5.74, 6) is 1.23. The Morgan fingerprint density at radius 3 is 2.68 bits per heavy atom. The van der Waals surface area contributed by atoms with Crippen molar-refractivity contribution < 1.29 is 4.79 Å². The van der Waals surface area contributed by atoms with Crippen molar-refractivity contribution in [2.75, 3.05) is 5.43 Å². The molecule has 0 saturated heterocycles. The van der Waals surface area contributed by atoms with Crippen LogP contribution in [0.1, 0.15) is 28.7 Å². The second-order valence-corrected chi connectivity index (χ2v) is 8.36. The van der Waals surface area contributed by atoms with E-state index in [-0.39, 0.29) is 11.0 Å². The number of thiocarbonyl (C=S) groups is 1. The van der Waals surface area contributed by atoms with Gasteiger partial charge in [-0.25, -0.2) is 4.68 Å². The van der Waals surface area contributed by atoms with Gasteiger partial charge in [-0.15, -0.1) is 10.2 Å². The molecule has 2 aromatic carbocycles. The molecule has 0 atom stereocenters. The van der Waals surface area contributed by atoms with Crippen LogP contribution in [-0.4, -0.2) is 25.9 Å². The van der Waals surface area contributed by atoms with Gasteiger partial charge < -0.3 is 0 Å². The van der Waals surface area contributed by atoms with E-state index < -0.39 is 0 Å². The molecule has 3 rings (SSSR count). The highest BCUT2D eigenvalue weighted by atomic mass is 127. The molecule has 1 amide bonds. The van der Waals surface area contributed by atoms with Gasteiger partial charge >= 0.3 is 0 Å². The van der Waals surface area contributed by atoms with E-state index in [0.29, 0.717) is 17.1 Å². The molecule has 28 heavy (non-hydrogen) atoms. The van der Waals surface area contributed by atoms with Crippen LogP contribution < -0.4 is 10.7 Å². The molecule has 144 valence electrons. The topological polar surface area (TPSA) is 71.8 Å². The van der Waals surface area contributed by atoms with Gasteiger partial charge in [0.15, 0.2) is 10.9 Å². The summed E-state index contributed by atoms with van der Waals surface area (Å²) in [7, 11) is 0. The van der Waals surface area contributed by atoms with Crippen LogP contribution in [-0.2, 0) is 12.2 Å². The maximum atomic E-state index is 12.4. The average molecular weight is 523 g/mol. The molecule has 0 aliphatic rings. The van der Waals surface area contributed by atoms with Crippen LogP contribution >= 0.6 is 46.6 Å². The van der Waals surface area contributed by atoms with E-state index >= 15 is 0 Å². The molecular formula is C19H18IN5OS2. The summed E-state index contributed by atoms with van der Waals surface area (Å²) in [6.07, 6.45) is 0.680. The van der Waals surface area contributed by atoms with Gasteiger partial charge in [-0.1, -0.05) is 55.1 Å². The quantitative estimate of drug-likeness (QED) is 0.289. The summed E-state index contributed by atoms with van der Waals surface area (Å²) in [6.45, 7) is 1.99. The summed E-state index contributed by atoms with van der Waals surface area (Å²) in [4.78, 5) is 12.4. The zero-order valence-electron chi connectivity index (χ0n) is 15.1. The van der Waals surface area contributed by atoms with E-state index in [1.807, 2.05) is 37.3 Å². The van der Waals surface area contributed by atoms with Crippen molar-refractivity contribution >= 4 is 57.6 Å². The fraction of sp³-hybridized carbons (Fsp3) is 0.158. The largest absolute Gasteiger partial charge is 0.298 e. The van der Waals surface area contributed by atoms with Crippen LogP contribution in [0.25, 0.3) is 0 Å². The molecule has 0 unspecified atom stereocenters. The summed E-state index contributed by atoms with van der Waals surface area (Å²) < 4.78 is 2.71. The predicted octanol–water partition coefficient (Wildman–Crippen LogP) is 4.00. The molecule has 1 aromatic heterocycles. The third-order valence-corrected chi connectivity index (χ3v) is 5.62. The van der Waals surface area contributed by atoms with E-state index in [9.17, 15) is 4.79 Å². The average Bonchev–Trinajstić information content (AvgIpc) is 3.08. The monoisotopic (exact) mass is 523 g/mol. The number of benzene rings is 2. The number of aromatic nitrogens is 3. The first kappa shape index (κ1) is 20.7. The minimum absolute atomic E-state index is 0.194. The molecule has 3 aromatic rings. The third-order valence-electron chi connectivity index (χ3n) is 3.75. The van der Waals surface area contributed by atoms with Crippen LogP contribution in [0, 0.1) is 3.57 Å². The SMILES string of the molecule is CCc1nnc(SCc2ccccc2)n1NC(=S)NC(=O)c1cccc(I)c1. The molecule has 0 saturated carbocycles. The Morgan fingerprint density at radius 1 is 1.18 bits per heavy atom. The third kappa shape index (κ3) is 5.52. The number of thioether (sulfide) groups is 1. The Kier molecular flexibility index (Phi) is 7.40. The normalized spacial score (nSPS) is 10.5. The fourth-order valence-corrected chi connectivity index (χ4v) is 3.99. The lowest BCUT2D eigenvalue weighted by molar-refractivity contribution is 0.0977. The minimum Gasteiger partial charge on any atom is -0.298 e. The zero-order chi connectivity index (χ0) is 19.9. The van der Waals surface area contributed by atoms with Gasteiger partial charge in [0, 0.05) is 21.3 Å². The van der Waals surface area contributed by atoms with Crippen LogP contribution in [0.2, 0.25) is 0 Å². The Labute approximate surface area is 186 Å². The maximum absolute atomic E-state index is 12.4. The van der Waals surface area contributed by atoms with Gasteiger partial charge in [-0.3, -0.25) is 15.5 Å². The number of carbonyl (C=O) groups excluding carboxylic acids is 1. The van der Waals surface area contributed by atoms with Crippen LogP contribution in [0.3, 0.4) is 0 Å². The van der Waals surface area contributed by atoms with Crippen LogP contribution in [0.15, 0.2) is 59.8 Å². The first-order valence-electron chi connectivity index (χ1n) is 8.55. The van der Waals surface area contributed by atoms with Crippen molar-refractivity contribution in [3.8, 4) is 0 Å². The molecule has 1 heterocycles. The van der Waals surface area contributed by atoms with E-state index in [4.69, 9.17) is 12.2 Å². The molecule has 2 N–H and O–H groups in total. The highest BCUT2D eigenvalue weighted by molar-refractivity contribution is 14.1. The lowest BCUT2D eigenvalue weighted by Gasteiger charge is -2.14. The molecule has 0 fully saturated rings. The number of hydrogen-bond acceptors (Lipinski definition) is 5. The van der Waals surface area contributed by atoms with E-state index in [2.05, 4.69) is 55.7 Å². The smallest absolute Gasteiger partial charge is 0.257 e. The molecule has 0 bridgehead atoms. The van der Waals surface area contributed by atoms with Crippen molar-refractivity contribution in [1.29, 1.82) is 0 Å². The maximum Gasteiger partial charge on any atom is 0.257 e. The van der Waals surface area contributed by atoms with Crippen molar-refractivity contribution in [3.05, 3.63) is 75.1 Å². The minimum atomic E-state index is -0.263. The van der Waals surface area contributed by atoms with E-state index in [1.165, 1.54) is 5.56 Å². The number of carbonyl (C=O) groups is 1. The number of nitrogens with one attached hydrogen (secondary N) is 2. The van der Waals surface area contributed by atoms with Crippen molar-refractivity contribution in [1.82, 2.24) is 20.2 Å². The van der Waals surface area contributed by atoms with Crippen molar-refractivity contribution in [2.24, 2.45) is 0 Å². The molecule has 9 heteroatoms. The van der Waals surface area contributed by atoms with Gasteiger partial charge in [0.05, 0.1) is 0 Å². The second kappa shape index (κ2) is 9.99. The van der Waals surface area contributed by atoms with E-state index in [0.717, 1.165) is 15.1 Å². The molecule has 6 nitrogen and oxygen atoms in total. The number of nitrogens with zero attached hydrogens (tertiary/aromatic N) is 3. The summed E-state index contributed by atoms with van der Waals surface area (Å²) in [6, 6.07) is 17.4. The number of halogens is 1. The van der Waals surface area contributed by atoms with Crippen molar-refractivity contribution in [3.63, 3.8) is 0 Å². The molecule has 0 aliphatic carbocycles. The first-order valence-corrected chi connectivity index (χ1v) is 11.0. The molecule has 0 aliphatic heterocycles. The number of aryl methyl sites for hydroxylation is 1. The van der Waals surface area contributed by atoms with Gasteiger partial charge in [0.25, 0.3) is 5.91 Å². The summed E-state index contributed by atoms with van der Waals surface area (Å²) in [5.41, 5.74) is 4.77. The fourth-order valence-electron chi connectivity index (χ4n) is 2.39. The van der Waals surface area contributed by atoms with Gasteiger partial charge in [-0.05, 0) is 58.6 Å². The Hall–Kier alpha value is -1.98. The van der Waals surface area contributed by atoms with Gasteiger partial charge in [0.1, 0.15) is 0 Å². The predicted molar refractivity (Wildman–Crippen MR) is 124 cm³/mol. The van der Waals surface area contributed by atoms with Gasteiger partial charge in [0.2, 0.25) is 5.16 Å². The number of rotatable bonds is 6. The number of amides is 1. The Morgan fingerprint density at radius 2 is 1.96 bits per heavy atom. The van der Waals surface area contributed by atoms with E-state index in [1.54, 1.807) is 28.6 Å². The molecular weight excluding hydrogens is 505 g/mol. The Balaban J connectivity index is 1.67. The standard InChI is InChI=1S/C19H18IN5OS2/c1-2-16-22-23-19(28-12-13-7-4-3-5-8-13)25(16)24-18(27)21-17(26)14-9-6-10-15(20)11-14/h3-11H,2,12H2,1H3,(H2,21,24,26,27). The Bertz CT molecular complexity index is 977. The van der Waals surface area contributed by atoms with Crippen molar-refractivity contribution in [2.45, 2.75) is 24.3 Å². The van der Waals surface area contributed by atoms with Crippen LogP contribution in [0.5, 0.6) is 0 Å². The molecule has 0 spiro atoms. The summed E-state index contributed by atoms with van der Waals surface area (Å²) >= 11 is 9.04. The number of hydrogen-bond donors (Lipinski definition) is 2. The first-order chi connectivity index (χ1) is 13.6. The lowest BCUT2D eigenvalue weighted by Crippen LogP contribution is -2.38. The van der Waals surface area contributed by atoms with Gasteiger partial charge in [-0.2, -0.15) is 0 Å². The van der Waals surface area contributed by atoms with Crippen LogP contribution in [0.4, 0.5) is 0 Å². The highest BCUT2D eigenvalue weighted by Crippen LogP contribution is 2.21.